The fourth-order valence-electron chi connectivity index (χ4n) is 4.72. The van der Waals surface area contributed by atoms with E-state index in [1.165, 1.54) is 4.57 Å². The monoisotopic (exact) mass is 414 g/mol. The minimum absolute atomic E-state index is 0.160. The molecule has 0 unspecified atom stereocenters. The van der Waals surface area contributed by atoms with Gasteiger partial charge in [0.1, 0.15) is 11.2 Å². The Morgan fingerprint density at radius 3 is 2.41 bits per heavy atom. The van der Waals surface area contributed by atoms with Crippen LogP contribution in [0.15, 0.2) is 94.1 Å². The lowest BCUT2D eigenvalue weighted by atomic mass is 9.97. The number of rotatable bonds is 1. The number of carbonyl (C=O) groups is 1. The predicted octanol–water partition coefficient (Wildman–Crippen LogP) is 5.50. The number of benzene rings is 4. The maximum Gasteiger partial charge on any atom is 0.266 e. The summed E-state index contributed by atoms with van der Waals surface area (Å²) in [6, 6.07) is 26.6. The van der Waals surface area contributed by atoms with Crippen LogP contribution in [0.1, 0.15) is 16.2 Å². The third-order valence-electron chi connectivity index (χ3n) is 6.17. The highest BCUT2D eigenvalue weighted by Gasteiger charge is 2.30. The van der Waals surface area contributed by atoms with Crippen molar-refractivity contribution in [2.24, 2.45) is 0 Å². The van der Waals surface area contributed by atoms with Crippen molar-refractivity contribution >= 4 is 38.6 Å². The molecule has 0 atom stereocenters. The van der Waals surface area contributed by atoms with Gasteiger partial charge in [-0.3, -0.25) is 14.2 Å². The molecule has 2 aromatic heterocycles. The highest BCUT2D eigenvalue weighted by molar-refractivity contribution is 6.16. The van der Waals surface area contributed by atoms with Gasteiger partial charge in [0.15, 0.2) is 5.82 Å². The molecule has 1 aliphatic heterocycles. The molecule has 0 saturated carbocycles. The van der Waals surface area contributed by atoms with Crippen LogP contribution in [0.4, 0.5) is 0 Å². The zero-order valence-electron chi connectivity index (χ0n) is 16.7. The summed E-state index contributed by atoms with van der Waals surface area (Å²) in [7, 11) is 0. The van der Waals surface area contributed by atoms with E-state index in [4.69, 9.17) is 4.42 Å². The van der Waals surface area contributed by atoms with Crippen molar-refractivity contribution in [2.45, 2.75) is 0 Å². The van der Waals surface area contributed by atoms with Gasteiger partial charge >= 0.3 is 0 Å². The van der Waals surface area contributed by atoms with Crippen molar-refractivity contribution in [2.75, 3.05) is 0 Å². The number of carbonyl (C=O) groups excluding carboxylic acids is 1. The van der Waals surface area contributed by atoms with Gasteiger partial charge in [0.2, 0.25) is 5.78 Å². The Bertz CT molecular complexity index is 1820. The number of nitrogens with zero attached hydrogens (tertiary/aromatic N) is 2. The van der Waals surface area contributed by atoms with Crippen LogP contribution in [0.2, 0.25) is 0 Å². The third-order valence-corrected chi connectivity index (χ3v) is 6.17. The molecule has 3 heterocycles. The Morgan fingerprint density at radius 1 is 0.719 bits per heavy atom. The van der Waals surface area contributed by atoms with Crippen molar-refractivity contribution in [3.63, 3.8) is 0 Å². The number of para-hydroxylation sites is 2. The minimum Gasteiger partial charge on any atom is -0.456 e. The van der Waals surface area contributed by atoms with Crippen LogP contribution in [0.25, 0.3) is 49.7 Å². The molecule has 7 rings (SSSR count). The quantitative estimate of drug-likeness (QED) is 0.356. The van der Waals surface area contributed by atoms with E-state index < -0.39 is 0 Å². The smallest absolute Gasteiger partial charge is 0.266 e. The zero-order chi connectivity index (χ0) is 21.4. The van der Waals surface area contributed by atoms with E-state index in [1.807, 2.05) is 66.7 Å². The molecule has 6 aromatic rings. The van der Waals surface area contributed by atoms with Crippen molar-refractivity contribution < 1.29 is 9.21 Å². The second-order valence-corrected chi connectivity index (χ2v) is 7.93. The van der Waals surface area contributed by atoms with Crippen LogP contribution in [0.5, 0.6) is 0 Å². The van der Waals surface area contributed by atoms with Gasteiger partial charge in [-0.05, 0) is 47.5 Å². The normalized spacial score (nSPS) is 12.6. The van der Waals surface area contributed by atoms with Gasteiger partial charge < -0.3 is 4.42 Å². The van der Waals surface area contributed by atoms with E-state index in [0.717, 1.165) is 33.1 Å². The highest BCUT2D eigenvalue weighted by Crippen LogP contribution is 2.38. The Morgan fingerprint density at radius 2 is 1.50 bits per heavy atom. The van der Waals surface area contributed by atoms with Gasteiger partial charge in [0, 0.05) is 10.8 Å². The van der Waals surface area contributed by atoms with Gasteiger partial charge in [0.05, 0.1) is 22.2 Å². The molecule has 0 aliphatic carbocycles. The number of fused-ring (bicyclic) bond motifs is 7. The Labute approximate surface area is 181 Å². The predicted molar refractivity (Wildman–Crippen MR) is 123 cm³/mol. The molecular weight excluding hydrogens is 400 g/mol. The van der Waals surface area contributed by atoms with Gasteiger partial charge in [-0.2, -0.15) is 0 Å². The van der Waals surface area contributed by atoms with Crippen LogP contribution in [0.3, 0.4) is 0 Å². The second kappa shape index (κ2) is 6.02. The first-order valence-electron chi connectivity index (χ1n) is 10.3. The summed E-state index contributed by atoms with van der Waals surface area (Å²) >= 11 is 0. The molecule has 0 saturated heterocycles. The highest BCUT2D eigenvalue weighted by atomic mass is 16.3. The molecule has 0 bridgehead atoms. The topological polar surface area (TPSA) is 65.1 Å². The van der Waals surface area contributed by atoms with Gasteiger partial charge in [0.25, 0.3) is 5.56 Å². The van der Waals surface area contributed by atoms with Crippen molar-refractivity contribution in [1.29, 1.82) is 0 Å². The summed E-state index contributed by atoms with van der Waals surface area (Å²) in [5.74, 6) is -0.0817. The molecule has 4 aromatic carbocycles. The maximum absolute atomic E-state index is 13.3. The summed E-state index contributed by atoms with van der Waals surface area (Å²) in [5.41, 5.74) is 4.83. The summed E-state index contributed by atoms with van der Waals surface area (Å²) in [4.78, 5) is 30.9. The lowest BCUT2D eigenvalue weighted by Crippen LogP contribution is -2.21. The number of ketones is 1. The van der Waals surface area contributed by atoms with E-state index in [9.17, 15) is 9.59 Å². The van der Waals surface area contributed by atoms with Crippen LogP contribution >= 0.6 is 0 Å². The van der Waals surface area contributed by atoms with Crippen molar-refractivity contribution in [3.05, 3.63) is 107 Å². The molecule has 150 valence electrons. The minimum atomic E-state index is -0.242. The SMILES string of the molecule is O=C1c2cc(-c3cccc4oc5ccccc5c34)ccc2-n2c1nc1ccccc1c2=O. The van der Waals surface area contributed by atoms with Crippen molar-refractivity contribution in [3.8, 4) is 16.8 Å². The fraction of sp³-hybridized carbons (Fsp3) is 0. The van der Waals surface area contributed by atoms with E-state index in [0.29, 0.717) is 22.2 Å². The third kappa shape index (κ3) is 2.14. The lowest BCUT2D eigenvalue weighted by Gasteiger charge is -2.08. The van der Waals surface area contributed by atoms with Crippen LogP contribution in [-0.4, -0.2) is 15.3 Å². The maximum atomic E-state index is 13.3. The molecule has 0 N–H and O–H groups in total. The van der Waals surface area contributed by atoms with E-state index in [1.54, 1.807) is 18.2 Å². The second-order valence-electron chi connectivity index (χ2n) is 7.93. The van der Waals surface area contributed by atoms with Gasteiger partial charge in [-0.1, -0.05) is 48.5 Å². The molecule has 0 spiro atoms. The average molecular weight is 414 g/mol. The Hall–Kier alpha value is -4.51. The van der Waals surface area contributed by atoms with E-state index in [-0.39, 0.29) is 17.2 Å². The summed E-state index contributed by atoms with van der Waals surface area (Å²) in [6.07, 6.45) is 0. The van der Waals surface area contributed by atoms with E-state index in [2.05, 4.69) is 4.98 Å². The molecule has 32 heavy (non-hydrogen) atoms. The molecule has 5 heteroatoms. The number of hydrogen-bond acceptors (Lipinski definition) is 4. The largest absolute Gasteiger partial charge is 0.456 e. The number of furan rings is 1. The lowest BCUT2D eigenvalue weighted by molar-refractivity contribution is 0.103. The summed E-state index contributed by atoms with van der Waals surface area (Å²) in [5, 5.41) is 2.53. The fourth-order valence-corrected chi connectivity index (χ4v) is 4.72. The number of hydrogen-bond donors (Lipinski definition) is 0. The Kier molecular flexibility index (Phi) is 3.23. The average Bonchev–Trinajstić information content (AvgIpc) is 3.35. The summed E-state index contributed by atoms with van der Waals surface area (Å²) in [6.45, 7) is 0. The molecule has 0 amide bonds. The molecular formula is C27H14N2O3. The standard InChI is InChI=1S/C27H14N2O3/c30-25-19-14-15(16-8-5-11-23-24(16)18-7-2-4-10-22(18)32-23)12-13-21(19)29-26(25)28-20-9-3-1-6-17(20)27(29)31/h1-14H. The number of aromatic nitrogens is 2. The molecule has 0 fully saturated rings. The van der Waals surface area contributed by atoms with Crippen LogP contribution < -0.4 is 5.56 Å². The first-order valence-corrected chi connectivity index (χ1v) is 10.3. The zero-order valence-corrected chi connectivity index (χ0v) is 16.7. The first-order chi connectivity index (χ1) is 15.7. The molecule has 5 nitrogen and oxygen atoms in total. The first kappa shape index (κ1) is 17.2. The van der Waals surface area contributed by atoms with Gasteiger partial charge in [-0.25, -0.2) is 4.98 Å². The van der Waals surface area contributed by atoms with Crippen LogP contribution in [0, 0.1) is 0 Å². The van der Waals surface area contributed by atoms with E-state index >= 15 is 0 Å². The molecule has 1 aliphatic rings. The van der Waals surface area contributed by atoms with Gasteiger partial charge in [-0.15, -0.1) is 0 Å². The van der Waals surface area contributed by atoms with Crippen molar-refractivity contribution in [1.82, 2.24) is 9.55 Å². The van der Waals surface area contributed by atoms with Crippen LogP contribution in [-0.2, 0) is 0 Å². The summed E-state index contributed by atoms with van der Waals surface area (Å²) < 4.78 is 7.44. The molecule has 0 radical (unpaired) electrons. The Balaban J connectivity index is 1.49.